The molecule has 0 spiro atoms. The van der Waals surface area contributed by atoms with E-state index in [4.69, 9.17) is 14.9 Å². The number of carbonyl (C=O) groups is 1. The molecule has 3 aromatic rings. The third-order valence-electron chi connectivity index (χ3n) is 6.15. The zero-order valence-corrected chi connectivity index (χ0v) is 20.3. The molecule has 184 valence electrons. The zero-order chi connectivity index (χ0) is 25.7. The van der Waals surface area contributed by atoms with Gasteiger partial charge >= 0.3 is 0 Å². The molecule has 0 unspecified atom stereocenters. The van der Waals surface area contributed by atoms with Crippen molar-refractivity contribution in [3.63, 3.8) is 0 Å². The first-order valence-electron chi connectivity index (χ1n) is 11.0. The molecule has 0 fully saturated rings. The Balaban J connectivity index is 1.65. The Hall–Kier alpha value is -4.01. The minimum atomic E-state index is -0.687. The molecule has 1 aliphatic rings. The van der Waals surface area contributed by atoms with Crippen molar-refractivity contribution in [2.24, 2.45) is 0 Å². The van der Waals surface area contributed by atoms with Crippen molar-refractivity contribution in [1.82, 2.24) is 9.47 Å². The van der Waals surface area contributed by atoms with E-state index in [0.29, 0.717) is 16.8 Å². The molecule has 35 heavy (non-hydrogen) atoms. The van der Waals surface area contributed by atoms with E-state index >= 15 is 4.39 Å². The van der Waals surface area contributed by atoms with Crippen molar-refractivity contribution in [2.75, 3.05) is 20.8 Å². The quantitative estimate of drug-likeness (QED) is 0.452. The normalized spacial score (nSPS) is 13.2. The number of aromatic nitrogens is 1. The fourth-order valence-electron chi connectivity index (χ4n) is 4.39. The SMILES string of the molecule is COc1cc2c(c(F)c1OC)C(=N)N(CC(=O)c1ccc(-n3c(O)ccc3O)c(C(C)(C)C)c1)C2. The molecule has 0 atom stereocenters. The smallest absolute Gasteiger partial charge is 0.198 e. The second kappa shape index (κ2) is 8.65. The number of Topliss-reactive ketones (excluding diaryl/α,β-unsaturated/α-hetero) is 1. The van der Waals surface area contributed by atoms with Crippen LogP contribution in [0, 0.1) is 11.2 Å². The highest BCUT2D eigenvalue weighted by Crippen LogP contribution is 2.39. The fourth-order valence-corrected chi connectivity index (χ4v) is 4.39. The number of amidine groups is 1. The highest BCUT2D eigenvalue weighted by Gasteiger charge is 2.33. The van der Waals surface area contributed by atoms with Gasteiger partial charge in [-0.15, -0.1) is 0 Å². The average molecular weight is 482 g/mol. The predicted molar refractivity (Wildman–Crippen MR) is 129 cm³/mol. The molecule has 1 aromatic heterocycles. The Bertz CT molecular complexity index is 1320. The molecule has 0 amide bonds. The Kier molecular flexibility index (Phi) is 5.96. The van der Waals surface area contributed by atoms with Crippen molar-refractivity contribution >= 4 is 11.6 Å². The lowest BCUT2D eigenvalue weighted by atomic mass is 9.84. The van der Waals surface area contributed by atoms with E-state index in [1.807, 2.05) is 20.8 Å². The maximum atomic E-state index is 15.0. The van der Waals surface area contributed by atoms with Gasteiger partial charge in [-0.3, -0.25) is 14.8 Å². The maximum Gasteiger partial charge on any atom is 0.198 e. The molecule has 9 heteroatoms. The van der Waals surface area contributed by atoms with E-state index in [-0.39, 0.29) is 53.5 Å². The summed E-state index contributed by atoms with van der Waals surface area (Å²) < 4.78 is 26.7. The van der Waals surface area contributed by atoms with Crippen LogP contribution >= 0.6 is 0 Å². The van der Waals surface area contributed by atoms with Gasteiger partial charge in [0.1, 0.15) is 5.84 Å². The van der Waals surface area contributed by atoms with Crippen LogP contribution in [0.15, 0.2) is 36.4 Å². The molecule has 4 rings (SSSR count). The van der Waals surface area contributed by atoms with Crippen molar-refractivity contribution in [2.45, 2.75) is 32.7 Å². The number of carbonyl (C=O) groups excluding carboxylic acids is 1. The molecule has 0 saturated heterocycles. The lowest BCUT2D eigenvalue weighted by Gasteiger charge is -2.25. The summed E-state index contributed by atoms with van der Waals surface area (Å²) in [5, 5.41) is 28.9. The summed E-state index contributed by atoms with van der Waals surface area (Å²) >= 11 is 0. The number of nitrogens with one attached hydrogen (secondary N) is 1. The van der Waals surface area contributed by atoms with Gasteiger partial charge in [-0.05, 0) is 40.8 Å². The Morgan fingerprint density at radius 1 is 1.09 bits per heavy atom. The van der Waals surface area contributed by atoms with Gasteiger partial charge in [-0.1, -0.05) is 20.8 Å². The van der Waals surface area contributed by atoms with Crippen molar-refractivity contribution < 1.29 is 28.9 Å². The summed E-state index contributed by atoms with van der Waals surface area (Å²) in [4.78, 5) is 14.8. The van der Waals surface area contributed by atoms with Crippen LogP contribution in [0.4, 0.5) is 4.39 Å². The topological polar surface area (TPSA) is 108 Å². The van der Waals surface area contributed by atoms with Crippen LogP contribution in [0.25, 0.3) is 5.69 Å². The number of hydrogen-bond acceptors (Lipinski definition) is 6. The number of nitrogens with zero attached hydrogens (tertiary/aromatic N) is 2. The van der Waals surface area contributed by atoms with Crippen LogP contribution in [-0.4, -0.2) is 52.1 Å². The number of rotatable bonds is 6. The Morgan fingerprint density at radius 3 is 2.31 bits per heavy atom. The van der Waals surface area contributed by atoms with E-state index in [1.165, 1.54) is 35.8 Å². The Labute approximate surface area is 202 Å². The molecular formula is C26H28FN3O5. The molecule has 3 N–H and O–H groups in total. The second-order valence-electron chi connectivity index (χ2n) is 9.46. The summed E-state index contributed by atoms with van der Waals surface area (Å²) in [5.41, 5.74) is 1.93. The number of ether oxygens (including phenoxy) is 2. The fraction of sp³-hybridized carbons (Fsp3) is 0.308. The molecule has 0 radical (unpaired) electrons. The second-order valence-corrected chi connectivity index (χ2v) is 9.46. The molecule has 1 aliphatic heterocycles. The van der Waals surface area contributed by atoms with Gasteiger partial charge in [-0.2, -0.15) is 0 Å². The van der Waals surface area contributed by atoms with Gasteiger partial charge in [0.15, 0.2) is 34.9 Å². The molecule has 2 aromatic carbocycles. The monoisotopic (exact) mass is 481 g/mol. The summed E-state index contributed by atoms with van der Waals surface area (Å²) in [7, 11) is 2.74. The highest BCUT2D eigenvalue weighted by molar-refractivity contribution is 6.06. The van der Waals surface area contributed by atoms with Crippen molar-refractivity contribution in [3.05, 3.63) is 64.5 Å². The molecule has 2 heterocycles. The van der Waals surface area contributed by atoms with Crippen LogP contribution in [0.1, 0.15) is 47.8 Å². The van der Waals surface area contributed by atoms with Gasteiger partial charge in [0, 0.05) is 24.2 Å². The number of fused-ring (bicyclic) bond motifs is 1. The first-order chi connectivity index (χ1) is 16.5. The molecule has 0 aliphatic carbocycles. The van der Waals surface area contributed by atoms with Crippen LogP contribution in [-0.2, 0) is 12.0 Å². The third-order valence-corrected chi connectivity index (χ3v) is 6.15. The predicted octanol–water partition coefficient (Wildman–Crippen LogP) is 4.37. The van der Waals surface area contributed by atoms with Gasteiger partial charge < -0.3 is 24.6 Å². The first-order valence-corrected chi connectivity index (χ1v) is 11.0. The molecule has 8 nitrogen and oxygen atoms in total. The van der Waals surface area contributed by atoms with Crippen LogP contribution in [0.3, 0.4) is 0 Å². The standard InChI is InChI=1S/C26H28FN3O5/c1-26(2,3)16-10-14(6-7-17(16)30-20(32)8-9-21(30)33)18(31)13-29-12-15-11-19(34-4)24(35-5)23(27)22(15)25(29)28/h6-11,28,32-33H,12-13H2,1-5H3. The molecule has 0 bridgehead atoms. The number of hydrogen-bond donors (Lipinski definition) is 3. The lowest BCUT2D eigenvalue weighted by molar-refractivity contribution is 0.0962. The summed E-state index contributed by atoms with van der Waals surface area (Å²) in [5.74, 6) is -1.13. The molecular weight excluding hydrogens is 453 g/mol. The number of aromatic hydroxyl groups is 2. The van der Waals surface area contributed by atoms with Gasteiger partial charge in [0.25, 0.3) is 0 Å². The van der Waals surface area contributed by atoms with Crippen molar-refractivity contribution in [1.29, 1.82) is 5.41 Å². The van der Waals surface area contributed by atoms with E-state index in [0.717, 1.165) is 5.56 Å². The summed E-state index contributed by atoms with van der Waals surface area (Å²) in [6.07, 6.45) is 0. The van der Waals surface area contributed by atoms with Crippen LogP contribution in [0.5, 0.6) is 23.3 Å². The van der Waals surface area contributed by atoms with E-state index in [1.54, 1.807) is 24.3 Å². The van der Waals surface area contributed by atoms with Crippen LogP contribution < -0.4 is 9.47 Å². The largest absolute Gasteiger partial charge is 0.494 e. The first kappa shape index (κ1) is 24.1. The average Bonchev–Trinajstić information content (AvgIpc) is 3.30. The minimum Gasteiger partial charge on any atom is -0.494 e. The number of methoxy groups -OCH3 is 2. The highest BCUT2D eigenvalue weighted by atomic mass is 19.1. The van der Waals surface area contributed by atoms with E-state index in [9.17, 15) is 15.0 Å². The lowest BCUT2D eigenvalue weighted by Crippen LogP contribution is -2.30. The van der Waals surface area contributed by atoms with E-state index < -0.39 is 11.2 Å². The van der Waals surface area contributed by atoms with Crippen LogP contribution in [0.2, 0.25) is 0 Å². The zero-order valence-electron chi connectivity index (χ0n) is 20.3. The van der Waals surface area contributed by atoms with E-state index in [2.05, 4.69) is 0 Å². The Morgan fingerprint density at radius 2 is 1.74 bits per heavy atom. The number of halogens is 1. The minimum absolute atomic E-state index is 0.0777. The third kappa shape index (κ3) is 4.07. The van der Waals surface area contributed by atoms with Gasteiger partial charge in [-0.25, -0.2) is 4.39 Å². The van der Waals surface area contributed by atoms with Gasteiger partial charge in [0.2, 0.25) is 0 Å². The molecule has 0 saturated carbocycles. The summed E-state index contributed by atoms with van der Waals surface area (Å²) in [6.45, 7) is 5.96. The van der Waals surface area contributed by atoms with Crippen molar-refractivity contribution in [3.8, 4) is 28.9 Å². The number of ketones is 1. The summed E-state index contributed by atoms with van der Waals surface area (Å²) in [6, 6.07) is 9.42. The maximum absolute atomic E-state index is 15.0. The number of benzene rings is 2. The van der Waals surface area contributed by atoms with Gasteiger partial charge in [0.05, 0.1) is 32.0 Å².